The molecule has 0 atom stereocenters. The van der Waals surface area contributed by atoms with E-state index in [9.17, 15) is 9.18 Å². The minimum atomic E-state index is -0.274. The van der Waals surface area contributed by atoms with Gasteiger partial charge >= 0.3 is 0 Å². The van der Waals surface area contributed by atoms with Crippen LogP contribution in [0.5, 0.6) is 0 Å². The van der Waals surface area contributed by atoms with Crippen LogP contribution in [0.3, 0.4) is 0 Å². The molecule has 0 spiro atoms. The Morgan fingerprint density at radius 3 is 2.64 bits per heavy atom. The molecule has 3 rings (SSSR count). The number of amides is 1. The highest BCUT2D eigenvalue weighted by atomic mass is 32.2. The van der Waals surface area contributed by atoms with E-state index in [2.05, 4.69) is 20.5 Å². The summed E-state index contributed by atoms with van der Waals surface area (Å²) in [6, 6.07) is 15.4. The summed E-state index contributed by atoms with van der Waals surface area (Å²) in [7, 11) is 0. The van der Waals surface area contributed by atoms with E-state index in [4.69, 9.17) is 0 Å². The predicted molar refractivity (Wildman–Crippen MR) is 97.5 cm³/mol. The number of H-pyrrole nitrogens is 1. The number of anilines is 1. The Hall–Kier alpha value is -2.93. The molecule has 2 N–H and O–H groups in total. The molecular weight excluding hydrogens is 339 g/mol. The van der Waals surface area contributed by atoms with Gasteiger partial charge in [0.1, 0.15) is 11.6 Å². The molecule has 0 fully saturated rings. The highest BCUT2D eigenvalue weighted by Gasteiger charge is 2.07. The van der Waals surface area contributed by atoms with Crippen LogP contribution >= 0.6 is 11.8 Å². The second-order valence-corrected chi connectivity index (χ2v) is 6.03. The summed E-state index contributed by atoms with van der Waals surface area (Å²) in [5.41, 5.74) is 1.61. The number of halogens is 1. The number of thioether (sulfide) groups is 1. The van der Waals surface area contributed by atoms with Crippen LogP contribution in [-0.2, 0) is 4.79 Å². The van der Waals surface area contributed by atoms with Gasteiger partial charge in [0, 0.05) is 5.69 Å². The van der Waals surface area contributed by atoms with E-state index >= 15 is 0 Å². The lowest BCUT2D eigenvalue weighted by Crippen LogP contribution is -2.13. The summed E-state index contributed by atoms with van der Waals surface area (Å²) in [6.45, 7) is 0. The fourth-order valence-corrected chi connectivity index (χ4v) is 2.60. The van der Waals surface area contributed by atoms with Gasteiger partial charge in [-0.3, -0.25) is 9.89 Å². The lowest BCUT2D eigenvalue weighted by molar-refractivity contribution is -0.113. The molecule has 1 amide bonds. The van der Waals surface area contributed by atoms with Gasteiger partial charge in [-0.1, -0.05) is 48.2 Å². The third kappa shape index (κ3) is 5.29. The summed E-state index contributed by atoms with van der Waals surface area (Å²) >= 11 is 1.24. The smallest absolute Gasteiger partial charge is 0.234 e. The number of hydrogen-bond donors (Lipinski definition) is 2. The van der Waals surface area contributed by atoms with Gasteiger partial charge in [0.25, 0.3) is 0 Å². The average molecular weight is 354 g/mol. The third-order valence-electron chi connectivity index (χ3n) is 3.18. The first-order valence-electron chi connectivity index (χ1n) is 7.53. The van der Waals surface area contributed by atoms with Crippen LogP contribution in [0, 0.1) is 5.82 Å². The van der Waals surface area contributed by atoms with Crippen LogP contribution in [0.1, 0.15) is 11.4 Å². The monoisotopic (exact) mass is 354 g/mol. The van der Waals surface area contributed by atoms with E-state index in [1.165, 1.54) is 23.9 Å². The zero-order valence-electron chi connectivity index (χ0n) is 13.1. The number of nitrogens with zero attached hydrogens (tertiary/aromatic N) is 2. The molecular formula is C18H15FN4OS. The maximum Gasteiger partial charge on any atom is 0.234 e. The number of aromatic nitrogens is 3. The first-order chi connectivity index (χ1) is 12.2. The number of aromatic amines is 1. The largest absolute Gasteiger partial charge is 0.325 e. The molecule has 0 aliphatic carbocycles. The van der Waals surface area contributed by atoms with Gasteiger partial charge in [-0.05, 0) is 35.9 Å². The number of carbonyl (C=O) groups excluding carboxylic acids is 1. The van der Waals surface area contributed by atoms with Crippen molar-refractivity contribution in [2.45, 2.75) is 5.16 Å². The number of hydrogen-bond acceptors (Lipinski definition) is 4. The molecule has 0 unspecified atom stereocenters. The van der Waals surface area contributed by atoms with Gasteiger partial charge in [-0.2, -0.15) is 0 Å². The molecule has 0 saturated carbocycles. The molecule has 0 saturated heterocycles. The standard InChI is InChI=1S/C18H15FN4OS/c19-14-9-6-13(7-10-14)8-11-16-21-18(23-22-16)25-12-17(24)20-15-4-2-1-3-5-15/h1-11H,12H2,(H,20,24)(H,21,22,23)/b11-8+. The van der Waals surface area contributed by atoms with Crippen molar-refractivity contribution in [2.24, 2.45) is 0 Å². The zero-order chi connectivity index (χ0) is 17.5. The van der Waals surface area contributed by atoms with Gasteiger partial charge in [0.15, 0.2) is 0 Å². The Balaban J connectivity index is 1.51. The summed E-state index contributed by atoms with van der Waals surface area (Å²) < 4.78 is 12.9. The van der Waals surface area contributed by atoms with Crippen molar-refractivity contribution in [2.75, 3.05) is 11.1 Å². The highest BCUT2D eigenvalue weighted by Crippen LogP contribution is 2.14. The molecule has 5 nitrogen and oxygen atoms in total. The van der Waals surface area contributed by atoms with E-state index in [1.807, 2.05) is 30.3 Å². The maximum atomic E-state index is 12.9. The summed E-state index contributed by atoms with van der Waals surface area (Å²) in [5.74, 6) is 0.386. The normalized spacial score (nSPS) is 10.9. The molecule has 126 valence electrons. The van der Waals surface area contributed by atoms with E-state index in [-0.39, 0.29) is 17.5 Å². The van der Waals surface area contributed by atoms with Crippen LogP contribution in [0.4, 0.5) is 10.1 Å². The topological polar surface area (TPSA) is 70.7 Å². The summed E-state index contributed by atoms with van der Waals surface area (Å²) in [6.07, 6.45) is 3.55. The Labute approximate surface area is 148 Å². The van der Waals surface area contributed by atoms with Crippen LogP contribution < -0.4 is 5.32 Å². The van der Waals surface area contributed by atoms with Crippen molar-refractivity contribution in [3.8, 4) is 0 Å². The van der Waals surface area contributed by atoms with E-state index in [0.29, 0.717) is 11.0 Å². The van der Waals surface area contributed by atoms with Gasteiger partial charge < -0.3 is 5.32 Å². The molecule has 1 aromatic heterocycles. The number of para-hydroxylation sites is 1. The second kappa shape index (κ2) is 8.25. The number of rotatable bonds is 6. The van der Waals surface area contributed by atoms with Crippen molar-refractivity contribution in [1.82, 2.24) is 15.2 Å². The van der Waals surface area contributed by atoms with Crippen LogP contribution in [-0.4, -0.2) is 26.8 Å². The zero-order valence-corrected chi connectivity index (χ0v) is 14.0. The average Bonchev–Trinajstić information content (AvgIpc) is 3.08. The molecule has 0 aliphatic rings. The number of carbonyl (C=O) groups is 1. The van der Waals surface area contributed by atoms with Gasteiger partial charge in [-0.25, -0.2) is 9.37 Å². The van der Waals surface area contributed by atoms with E-state index in [1.54, 1.807) is 24.3 Å². The summed E-state index contributed by atoms with van der Waals surface area (Å²) in [5, 5.41) is 10.1. The van der Waals surface area contributed by atoms with Crippen molar-refractivity contribution in [3.05, 3.63) is 71.8 Å². The van der Waals surface area contributed by atoms with Crippen molar-refractivity contribution >= 4 is 35.5 Å². The molecule has 0 radical (unpaired) electrons. The van der Waals surface area contributed by atoms with Gasteiger partial charge in [0.2, 0.25) is 11.1 Å². The second-order valence-electron chi connectivity index (χ2n) is 5.09. The van der Waals surface area contributed by atoms with Crippen LogP contribution in [0.25, 0.3) is 12.2 Å². The minimum Gasteiger partial charge on any atom is -0.325 e. The first kappa shape index (κ1) is 16.9. The van der Waals surface area contributed by atoms with Crippen LogP contribution in [0.15, 0.2) is 59.8 Å². The maximum absolute atomic E-state index is 12.9. The first-order valence-corrected chi connectivity index (χ1v) is 8.51. The fourth-order valence-electron chi connectivity index (χ4n) is 1.99. The molecule has 0 aliphatic heterocycles. The number of benzene rings is 2. The summed E-state index contributed by atoms with van der Waals surface area (Å²) in [4.78, 5) is 16.2. The Kier molecular flexibility index (Phi) is 5.58. The number of nitrogens with one attached hydrogen (secondary N) is 2. The van der Waals surface area contributed by atoms with Crippen molar-refractivity contribution in [3.63, 3.8) is 0 Å². The molecule has 1 heterocycles. The Bertz CT molecular complexity index is 862. The Morgan fingerprint density at radius 2 is 1.88 bits per heavy atom. The SMILES string of the molecule is O=C(CSc1n[nH]c(/C=C/c2ccc(F)cc2)n1)Nc1ccccc1. The Morgan fingerprint density at radius 1 is 1.12 bits per heavy atom. The lowest BCUT2D eigenvalue weighted by atomic mass is 10.2. The minimum absolute atomic E-state index is 0.121. The van der Waals surface area contributed by atoms with E-state index in [0.717, 1.165) is 11.3 Å². The van der Waals surface area contributed by atoms with E-state index < -0.39 is 0 Å². The van der Waals surface area contributed by atoms with Crippen molar-refractivity contribution in [1.29, 1.82) is 0 Å². The fraction of sp³-hybridized carbons (Fsp3) is 0.0556. The highest BCUT2D eigenvalue weighted by molar-refractivity contribution is 7.99. The quantitative estimate of drug-likeness (QED) is 0.660. The lowest BCUT2D eigenvalue weighted by Gasteiger charge is -2.02. The molecule has 25 heavy (non-hydrogen) atoms. The molecule has 7 heteroatoms. The van der Waals surface area contributed by atoms with Crippen molar-refractivity contribution < 1.29 is 9.18 Å². The molecule has 0 bridgehead atoms. The predicted octanol–water partition coefficient (Wildman–Crippen LogP) is 3.85. The molecule has 2 aromatic carbocycles. The van der Waals surface area contributed by atoms with Crippen LogP contribution in [0.2, 0.25) is 0 Å². The van der Waals surface area contributed by atoms with Gasteiger partial charge in [0.05, 0.1) is 5.75 Å². The van der Waals surface area contributed by atoms with Gasteiger partial charge in [-0.15, -0.1) is 5.10 Å². The third-order valence-corrected chi connectivity index (χ3v) is 4.02. The molecule has 3 aromatic rings.